The topological polar surface area (TPSA) is 34.2 Å². The van der Waals surface area contributed by atoms with Gasteiger partial charge in [0.15, 0.2) is 0 Å². The number of benzene rings is 1. The van der Waals surface area contributed by atoms with Crippen LogP contribution in [0.25, 0.3) is 10.6 Å². The second-order valence-electron chi connectivity index (χ2n) is 4.88. The van der Waals surface area contributed by atoms with Crippen LogP contribution in [0.4, 0.5) is 0 Å². The van der Waals surface area contributed by atoms with Gasteiger partial charge in [-0.25, -0.2) is 4.98 Å². The third-order valence-corrected chi connectivity index (χ3v) is 4.45. The van der Waals surface area contributed by atoms with Crippen molar-refractivity contribution in [1.29, 1.82) is 0 Å². The average Bonchev–Trinajstić information content (AvgIpc) is 2.89. The van der Waals surface area contributed by atoms with Crippen molar-refractivity contribution < 1.29 is 4.74 Å². The molecule has 1 aromatic heterocycles. The highest BCUT2D eigenvalue weighted by atomic mass is 32.1. The van der Waals surface area contributed by atoms with Crippen molar-refractivity contribution in [2.75, 3.05) is 7.11 Å². The number of nitrogens with zero attached hydrogens (tertiary/aromatic N) is 1. The molecule has 2 rings (SSSR count). The Morgan fingerprint density at radius 3 is 2.70 bits per heavy atom. The minimum absolute atomic E-state index is 0.521. The summed E-state index contributed by atoms with van der Waals surface area (Å²) < 4.78 is 5.27. The van der Waals surface area contributed by atoms with E-state index in [0.717, 1.165) is 23.7 Å². The van der Waals surface area contributed by atoms with E-state index in [1.807, 2.05) is 18.2 Å². The highest BCUT2D eigenvalue weighted by Gasteiger charge is 2.12. The molecule has 0 spiro atoms. The van der Waals surface area contributed by atoms with Gasteiger partial charge >= 0.3 is 0 Å². The van der Waals surface area contributed by atoms with Crippen molar-refractivity contribution in [3.63, 3.8) is 0 Å². The molecule has 0 amide bonds. The molecule has 20 heavy (non-hydrogen) atoms. The van der Waals surface area contributed by atoms with Crippen molar-refractivity contribution in [2.24, 2.45) is 0 Å². The normalized spacial score (nSPS) is 12.6. The van der Waals surface area contributed by atoms with Crippen molar-refractivity contribution in [3.05, 3.63) is 40.9 Å². The first-order chi connectivity index (χ1) is 9.74. The van der Waals surface area contributed by atoms with E-state index in [1.54, 1.807) is 18.4 Å². The van der Waals surface area contributed by atoms with Crippen molar-refractivity contribution in [2.45, 2.75) is 39.5 Å². The molecule has 4 heteroatoms. The minimum Gasteiger partial charge on any atom is -0.378 e. The third-order valence-electron chi connectivity index (χ3n) is 3.30. The first-order valence-corrected chi connectivity index (χ1v) is 7.82. The monoisotopic (exact) mass is 290 g/mol. The number of rotatable bonds is 7. The third kappa shape index (κ3) is 3.88. The molecule has 108 valence electrons. The molecule has 1 aromatic carbocycles. The zero-order chi connectivity index (χ0) is 14.4. The van der Waals surface area contributed by atoms with Crippen LogP contribution in [0.3, 0.4) is 0 Å². The lowest BCUT2D eigenvalue weighted by Gasteiger charge is -2.10. The number of thiazole rings is 1. The summed E-state index contributed by atoms with van der Waals surface area (Å²) in [6.07, 6.45) is 1.13. The smallest absolute Gasteiger partial charge is 0.124 e. The van der Waals surface area contributed by atoms with E-state index in [0.29, 0.717) is 12.6 Å². The predicted octanol–water partition coefficient (Wildman–Crippen LogP) is 3.84. The molecule has 0 aliphatic carbocycles. The molecule has 0 aliphatic rings. The predicted molar refractivity (Wildman–Crippen MR) is 84.9 cm³/mol. The molecule has 3 nitrogen and oxygen atoms in total. The number of ether oxygens (including phenoxy) is 1. The van der Waals surface area contributed by atoms with E-state index in [9.17, 15) is 0 Å². The molecule has 0 saturated carbocycles. The zero-order valence-corrected chi connectivity index (χ0v) is 13.2. The molecular formula is C16H22N2OS. The largest absolute Gasteiger partial charge is 0.378 e. The van der Waals surface area contributed by atoms with Gasteiger partial charge in [0.05, 0.1) is 12.3 Å². The average molecular weight is 290 g/mol. The molecule has 0 fully saturated rings. The van der Waals surface area contributed by atoms with Gasteiger partial charge in [0.25, 0.3) is 0 Å². The Labute approximate surface area is 125 Å². The Morgan fingerprint density at radius 1 is 1.30 bits per heavy atom. The van der Waals surface area contributed by atoms with E-state index in [2.05, 4.69) is 31.3 Å². The molecule has 1 atom stereocenters. The van der Waals surface area contributed by atoms with Gasteiger partial charge in [-0.1, -0.05) is 37.3 Å². The quantitative estimate of drug-likeness (QED) is 0.841. The summed E-state index contributed by atoms with van der Waals surface area (Å²) in [6, 6.07) is 10.8. The van der Waals surface area contributed by atoms with Gasteiger partial charge in [0, 0.05) is 30.1 Å². The molecular weight excluding hydrogens is 268 g/mol. The highest BCUT2D eigenvalue weighted by Crippen LogP contribution is 2.28. The van der Waals surface area contributed by atoms with Crippen LogP contribution in [0.1, 0.15) is 30.8 Å². The molecule has 2 aromatic rings. The maximum absolute atomic E-state index is 5.27. The molecule has 1 heterocycles. The number of nitrogens with one attached hydrogen (secondary N) is 1. The van der Waals surface area contributed by atoms with Crippen LogP contribution in [-0.2, 0) is 17.9 Å². The standard InChI is InChI=1S/C16H22N2OS/c1-4-12(2)17-10-15-14(11-19-3)18-16(20-15)13-8-6-5-7-9-13/h5-9,12,17H,4,10-11H2,1-3H3. The van der Waals surface area contributed by atoms with Gasteiger partial charge in [-0.05, 0) is 13.3 Å². The van der Waals surface area contributed by atoms with Gasteiger partial charge in [-0.3, -0.25) is 0 Å². The van der Waals surface area contributed by atoms with Gasteiger partial charge in [0.2, 0.25) is 0 Å². The summed E-state index contributed by atoms with van der Waals surface area (Å²) in [5, 5.41) is 4.60. The molecule has 1 N–H and O–H groups in total. The van der Waals surface area contributed by atoms with Crippen LogP contribution in [0, 0.1) is 0 Å². The lowest BCUT2D eigenvalue weighted by atomic mass is 10.2. The van der Waals surface area contributed by atoms with Crippen molar-refractivity contribution in [1.82, 2.24) is 10.3 Å². The Balaban J connectivity index is 2.19. The van der Waals surface area contributed by atoms with Gasteiger partial charge in [-0.15, -0.1) is 11.3 Å². The van der Waals surface area contributed by atoms with Gasteiger partial charge in [-0.2, -0.15) is 0 Å². The van der Waals surface area contributed by atoms with Crippen LogP contribution >= 0.6 is 11.3 Å². The first-order valence-electron chi connectivity index (χ1n) is 7.01. The van der Waals surface area contributed by atoms with Crippen LogP contribution in [0.2, 0.25) is 0 Å². The Hall–Kier alpha value is -1.23. The van der Waals surface area contributed by atoms with E-state index in [-0.39, 0.29) is 0 Å². The maximum atomic E-state index is 5.27. The van der Waals surface area contributed by atoms with Gasteiger partial charge < -0.3 is 10.1 Å². The molecule has 0 radical (unpaired) electrons. The first kappa shape index (κ1) is 15.2. The maximum Gasteiger partial charge on any atom is 0.124 e. The van der Waals surface area contributed by atoms with Crippen LogP contribution < -0.4 is 5.32 Å². The summed E-state index contributed by atoms with van der Waals surface area (Å²) in [5.74, 6) is 0. The summed E-state index contributed by atoms with van der Waals surface area (Å²) in [4.78, 5) is 6.00. The van der Waals surface area contributed by atoms with E-state index < -0.39 is 0 Å². The number of aromatic nitrogens is 1. The fourth-order valence-electron chi connectivity index (χ4n) is 1.89. The summed E-state index contributed by atoms with van der Waals surface area (Å²) >= 11 is 1.75. The van der Waals surface area contributed by atoms with E-state index >= 15 is 0 Å². The number of methoxy groups -OCH3 is 1. The molecule has 0 saturated heterocycles. The second-order valence-corrected chi connectivity index (χ2v) is 5.96. The van der Waals surface area contributed by atoms with Gasteiger partial charge in [0.1, 0.15) is 5.01 Å². The SMILES string of the molecule is CCC(C)NCc1sc(-c2ccccc2)nc1COC. The Kier molecular flexibility index (Phi) is 5.71. The second kappa shape index (κ2) is 7.53. The van der Waals surface area contributed by atoms with Crippen molar-refractivity contribution >= 4 is 11.3 Å². The van der Waals surface area contributed by atoms with Crippen LogP contribution in [0.15, 0.2) is 30.3 Å². The minimum atomic E-state index is 0.521. The summed E-state index contributed by atoms with van der Waals surface area (Å²) in [7, 11) is 1.72. The highest BCUT2D eigenvalue weighted by molar-refractivity contribution is 7.15. The van der Waals surface area contributed by atoms with E-state index in [4.69, 9.17) is 9.72 Å². The zero-order valence-electron chi connectivity index (χ0n) is 12.3. The lowest BCUT2D eigenvalue weighted by molar-refractivity contribution is 0.181. The summed E-state index contributed by atoms with van der Waals surface area (Å²) in [6.45, 7) is 5.82. The van der Waals surface area contributed by atoms with E-state index in [1.165, 1.54) is 10.4 Å². The molecule has 1 unspecified atom stereocenters. The Bertz CT molecular complexity index is 525. The van der Waals surface area contributed by atoms with Crippen LogP contribution in [0.5, 0.6) is 0 Å². The Morgan fingerprint density at radius 2 is 2.05 bits per heavy atom. The summed E-state index contributed by atoms with van der Waals surface area (Å²) in [5.41, 5.74) is 2.22. The lowest BCUT2D eigenvalue weighted by Crippen LogP contribution is -2.24. The number of hydrogen-bond donors (Lipinski definition) is 1. The molecule has 0 bridgehead atoms. The number of hydrogen-bond acceptors (Lipinski definition) is 4. The van der Waals surface area contributed by atoms with Crippen molar-refractivity contribution in [3.8, 4) is 10.6 Å². The van der Waals surface area contributed by atoms with Crippen LogP contribution in [-0.4, -0.2) is 18.1 Å². The fraction of sp³-hybridized carbons (Fsp3) is 0.438. The fourth-order valence-corrected chi connectivity index (χ4v) is 2.91. The molecule has 0 aliphatic heterocycles.